The highest BCUT2D eigenvalue weighted by Crippen LogP contribution is 2.26. The lowest BCUT2D eigenvalue weighted by molar-refractivity contribution is -0.144. The highest BCUT2D eigenvalue weighted by Gasteiger charge is 2.35. The first-order valence-electron chi connectivity index (χ1n) is 13.5. The Morgan fingerprint density at radius 2 is 1.53 bits per heavy atom. The van der Waals surface area contributed by atoms with Crippen LogP contribution in [0.5, 0.6) is 0 Å². The molecule has 214 valence electrons. The smallest absolute Gasteiger partial charge is 0.408 e. The van der Waals surface area contributed by atoms with Gasteiger partial charge in [-0.2, -0.15) is 0 Å². The van der Waals surface area contributed by atoms with Crippen molar-refractivity contribution in [1.82, 2.24) is 15.5 Å². The first-order chi connectivity index (χ1) is 17.8. The van der Waals surface area contributed by atoms with Gasteiger partial charge >= 0.3 is 12.1 Å². The van der Waals surface area contributed by atoms with Crippen molar-refractivity contribution in [1.29, 1.82) is 0 Å². The number of methoxy groups -OCH3 is 1. The Balaban J connectivity index is 3.33. The molecule has 1 rings (SSSR count). The Hall–Kier alpha value is -3.10. The standard InChI is InChI=1S/C29H47N3O6/c1-9-10-11-12-13-14-15-32(27(35)22(4)31-28(36)38-29(5,6)7)25(26(34)30-19-24(33)37-8)23-17-20(2)16-21(3)18-23/h16-18,22,25H,9-15,19H2,1-8H3,(H,30,34)(H,31,36). The number of unbranched alkanes of at least 4 members (excludes halogenated alkanes) is 5. The number of hydrogen-bond acceptors (Lipinski definition) is 6. The van der Waals surface area contributed by atoms with Gasteiger partial charge < -0.3 is 25.0 Å². The van der Waals surface area contributed by atoms with E-state index < -0.39 is 41.6 Å². The molecular formula is C29H47N3O6. The summed E-state index contributed by atoms with van der Waals surface area (Å²) in [6, 6.07) is 3.78. The minimum absolute atomic E-state index is 0.314. The largest absolute Gasteiger partial charge is 0.468 e. The molecule has 0 saturated carbocycles. The van der Waals surface area contributed by atoms with Crippen LogP contribution in [0.25, 0.3) is 0 Å². The molecule has 0 bridgehead atoms. The van der Waals surface area contributed by atoms with Crippen molar-refractivity contribution in [3.63, 3.8) is 0 Å². The van der Waals surface area contributed by atoms with E-state index >= 15 is 0 Å². The van der Waals surface area contributed by atoms with Gasteiger partial charge in [-0.25, -0.2) is 4.79 Å². The van der Waals surface area contributed by atoms with Gasteiger partial charge in [-0.3, -0.25) is 14.4 Å². The van der Waals surface area contributed by atoms with Gasteiger partial charge in [0.15, 0.2) is 0 Å². The zero-order valence-corrected chi connectivity index (χ0v) is 24.4. The first kappa shape index (κ1) is 32.9. The molecule has 0 fully saturated rings. The van der Waals surface area contributed by atoms with Crippen LogP contribution in [0.2, 0.25) is 0 Å². The molecule has 0 spiro atoms. The number of carbonyl (C=O) groups excluding carboxylic acids is 4. The van der Waals surface area contributed by atoms with Crippen LogP contribution in [-0.2, 0) is 23.9 Å². The third-order valence-corrected chi connectivity index (χ3v) is 5.89. The molecule has 0 aliphatic heterocycles. The molecule has 0 saturated heterocycles. The van der Waals surface area contributed by atoms with E-state index in [9.17, 15) is 19.2 Å². The second-order valence-electron chi connectivity index (χ2n) is 10.8. The van der Waals surface area contributed by atoms with Crippen LogP contribution < -0.4 is 10.6 Å². The third kappa shape index (κ3) is 12.0. The monoisotopic (exact) mass is 533 g/mol. The number of nitrogens with one attached hydrogen (secondary N) is 2. The number of nitrogens with zero attached hydrogens (tertiary/aromatic N) is 1. The number of alkyl carbamates (subject to hydrolysis) is 1. The molecule has 9 nitrogen and oxygen atoms in total. The van der Waals surface area contributed by atoms with Crippen molar-refractivity contribution in [2.45, 2.75) is 105 Å². The normalized spacial score (nSPS) is 12.7. The lowest BCUT2D eigenvalue weighted by Crippen LogP contribution is -2.52. The van der Waals surface area contributed by atoms with Crippen LogP contribution in [0.15, 0.2) is 18.2 Å². The van der Waals surface area contributed by atoms with Gasteiger partial charge in [-0.1, -0.05) is 68.4 Å². The number of benzene rings is 1. The molecular weight excluding hydrogens is 486 g/mol. The second kappa shape index (κ2) is 16.0. The Bertz CT molecular complexity index is 920. The highest BCUT2D eigenvalue weighted by molar-refractivity contribution is 5.93. The van der Waals surface area contributed by atoms with E-state index in [0.717, 1.165) is 43.2 Å². The summed E-state index contributed by atoms with van der Waals surface area (Å²) < 4.78 is 9.99. The fraction of sp³-hybridized carbons (Fsp3) is 0.655. The molecule has 0 aliphatic carbocycles. The van der Waals surface area contributed by atoms with Gasteiger partial charge in [0.05, 0.1) is 7.11 Å². The zero-order chi connectivity index (χ0) is 28.9. The Labute approximate surface area is 228 Å². The van der Waals surface area contributed by atoms with Crippen molar-refractivity contribution in [2.24, 2.45) is 0 Å². The molecule has 1 aromatic carbocycles. The summed E-state index contributed by atoms with van der Waals surface area (Å²) in [6.45, 7) is 12.8. The zero-order valence-electron chi connectivity index (χ0n) is 24.4. The maximum atomic E-state index is 13.8. The van der Waals surface area contributed by atoms with E-state index in [1.54, 1.807) is 27.7 Å². The van der Waals surface area contributed by atoms with Gasteiger partial charge in [0.2, 0.25) is 11.8 Å². The quantitative estimate of drug-likeness (QED) is 0.264. The topological polar surface area (TPSA) is 114 Å². The lowest BCUT2D eigenvalue weighted by Gasteiger charge is -2.34. The molecule has 2 unspecified atom stereocenters. The predicted molar refractivity (Wildman–Crippen MR) is 148 cm³/mol. The Morgan fingerprint density at radius 1 is 0.947 bits per heavy atom. The van der Waals surface area contributed by atoms with Gasteiger partial charge in [0, 0.05) is 6.54 Å². The van der Waals surface area contributed by atoms with Gasteiger partial charge in [-0.05, 0) is 53.5 Å². The molecule has 0 heterocycles. The summed E-state index contributed by atoms with van der Waals surface area (Å²) in [6.07, 6.45) is 5.32. The molecule has 3 amide bonds. The van der Waals surface area contributed by atoms with Gasteiger partial charge in [0.1, 0.15) is 24.2 Å². The molecule has 2 N–H and O–H groups in total. The average molecular weight is 534 g/mol. The van der Waals surface area contributed by atoms with E-state index in [1.165, 1.54) is 12.0 Å². The van der Waals surface area contributed by atoms with Crippen molar-refractivity contribution in [2.75, 3.05) is 20.2 Å². The van der Waals surface area contributed by atoms with E-state index in [2.05, 4.69) is 22.3 Å². The number of aryl methyl sites for hydroxylation is 2. The summed E-state index contributed by atoms with van der Waals surface area (Å²) in [5, 5.41) is 5.22. The SMILES string of the molecule is CCCCCCCCN(C(=O)C(C)NC(=O)OC(C)(C)C)C(C(=O)NCC(=O)OC)c1cc(C)cc(C)c1. The van der Waals surface area contributed by atoms with E-state index in [-0.39, 0.29) is 6.54 Å². The number of rotatable bonds is 14. The summed E-state index contributed by atoms with van der Waals surface area (Å²) in [5.74, 6) is -1.50. The molecule has 9 heteroatoms. The van der Waals surface area contributed by atoms with Crippen LogP contribution in [0.4, 0.5) is 4.79 Å². The van der Waals surface area contributed by atoms with E-state index in [4.69, 9.17) is 4.74 Å². The number of esters is 1. The minimum Gasteiger partial charge on any atom is -0.468 e. The highest BCUT2D eigenvalue weighted by atomic mass is 16.6. The number of hydrogen-bond donors (Lipinski definition) is 2. The molecule has 2 atom stereocenters. The molecule has 0 radical (unpaired) electrons. The van der Waals surface area contributed by atoms with Crippen LogP contribution in [-0.4, -0.2) is 60.6 Å². The predicted octanol–water partition coefficient (Wildman–Crippen LogP) is 4.74. The minimum atomic E-state index is -0.996. The van der Waals surface area contributed by atoms with Gasteiger partial charge in [0.25, 0.3) is 0 Å². The Kier molecular flexibility index (Phi) is 13.9. The van der Waals surface area contributed by atoms with Crippen molar-refractivity contribution < 1.29 is 28.7 Å². The number of amides is 3. The van der Waals surface area contributed by atoms with Crippen molar-refractivity contribution in [3.05, 3.63) is 34.9 Å². The summed E-state index contributed by atoms with van der Waals surface area (Å²) >= 11 is 0. The fourth-order valence-corrected chi connectivity index (χ4v) is 4.19. The second-order valence-corrected chi connectivity index (χ2v) is 10.8. The third-order valence-electron chi connectivity index (χ3n) is 5.89. The molecule has 0 aliphatic rings. The summed E-state index contributed by atoms with van der Waals surface area (Å²) in [7, 11) is 1.24. The van der Waals surface area contributed by atoms with Crippen LogP contribution in [0.3, 0.4) is 0 Å². The molecule has 38 heavy (non-hydrogen) atoms. The van der Waals surface area contributed by atoms with Crippen LogP contribution in [0, 0.1) is 13.8 Å². The maximum absolute atomic E-state index is 13.8. The van der Waals surface area contributed by atoms with Crippen LogP contribution in [0.1, 0.15) is 95.9 Å². The van der Waals surface area contributed by atoms with Gasteiger partial charge in [-0.15, -0.1) is 0 Å². The summed E-state index contributed by atoms with van der Waals surface area (Å²) in [5.41, 5.74) is 1.80. The van der Waals surface area contributed by atoms with E-state index in [0.29, 0.717) is 18.5 Å². The summed E-state index contributed by atoms with van der Waals surface area (Å²) in [4.78, 5) is 52.9. The van der Waals surface area contributed by atoms with Crippen molar-refractivity contribution in [3.8, 4) is 0 Å². The molecule has 0 aromatic heterocycles. The lowest BCUT2D eigenvalue weighted by atomic mass is 9.98. The van der Waals surface area contributed by atoms with Crippen LogP contribution >= 0.6 is 0 Å². The van der Waals surface area contributed by atoms with Crippen molar-refractivity contribution >= 4 is 23.9 Å². The average Bonchev–Trinajstić information content (AvgIpc) is 2.81. The Morgan fingerprint density at radius 3 is 2.08 bits per heavy atom. The number of ether oxygens (including phenoxy) is 2. The maximum Gasteiger partial charge on any atom is 0.408 e. The molecule has 1 aromatic rings. The van der Waals surface area contributed by atoms with E-state index in [1.807, 2.05) is 32.0 Å². The number of carbonyl (C=O) groups is 4. The fourth-order valence-electron chi connectivity index (χ4n) is 4.19. The first-order valence-corrected chi connectivity index (χ1v) is 13.5.